The predicted molar refractivity (Wildman–Crippen MR) is 128 cm³/mol. The summed E-state index contributed by atoms with van der Waals surface area (Å²) >= 11 is 9.19. The maximum absolute atomic E-state index is 12.1. The van der Waals surface area contributed by atoms with Gasteiger partial charge in [-0.25, -0.2) is 4.98 Å². The average Bonchev–Trinajstić information content (AvgIpc) is 3.20. The SMILES string of the molecule is Cc1cccc2sc(N3CCN(CCNC(=O)CSc4ccc(Cl)cc4)CC3)nc12. The van der Waals surface area contributed by atoms with Gasteiger partial charge in [0, 0.05) is 49.2 Å². The van der Waals surface area contributed by atoms with Crippen LogP contribution < -0.4 is 10.2 Å². The van der Waals surface area contributed by atoms with Gasteiger partial charge >= 0.3 is 0 Å². The van der Waals surface area contributed by atoms with Crippen LogP contribution in [0.5, 0.6) is 0 Å². The van der Waals surface area contributed by atoms with E-state index in [4.69, 9.17) is 16.6 Å². The van der Waals surface area contributed by atoms with Crippen LogP contribution in [0.3, 0.4) is 0 Å². The van der Waals surface area contributed by atoms with E-state index in [-0.39, 0.29) is 5.91 Å². The number of thiazole rings is 1. The molecule has 0 radical (unpaired) electrons. The summed E-state index contributed by atoms with van der Waals surface area (Å²) in [7, 11) is 0. The second kappa shape index (κ2) is 10.0. The number of aryl methyl sites for hydroxylation is 1. The summed E-state index contributed by atoms with van der Waals surface area (Å²) in [5.74, 6) is 0.491. The minimum atomic E-state index is 0.0680. The number of benzene rings is 2. The van der Waals surface area contributed by atoms with Crippen LogP contribution in [0.15, 0.2) is 47.4 Å². The van der Waals surface area contributed by atoms with Gasteiger partial charge in [-0.1, -0.05) is 35.1 Å². The number of hydrogen-bond donors (Lipinski definition) is 1. The third-order valence-electron chi connectivity index (χ3n) is 5.19. The summed E-state index contributed by atoms with van der Waals surface area (Å²) in [4.78, 5) is 22.8. The Morgan fingerprint density at radius 2 is 1.93 bits per heavy atom. The van der Waals surface area contributed by atoms with Gasteiger partial charge < -0.3 is 10.2 Å². The van der Waals surface area contributed by atoms with Crippen LogP contribution in [0.1, 0.15) is 5.56 Å². The van der Waals surface area contributed by atoms with Crippen LogP contribution in [0.25, 0.3) is 10.2 Å². The monoisotopic (exact) mass is 460 g/mol. The Morgan fingerprint density at radius 1 is 1.17 bits per heavy atom. The molecule has 0 unspecified atom stereocenters. The largest absolute Gasteiger partial charge is 0.354 e. The highest BCUT2D eigenvalue weighted by Gasteiger charge is 2.20. The minimum absolute atomic E-state index is 0.0680. The van der Waals surface area contributed by atoms with Gasteiger partial charge in [0.05, 0.1) is 16.0 Å². The number of hydrogen-bond acceptors (Lipinski definition) is 6. The number of anilines is 1. The normalized spacial score (nSPS) is 14.9. The number of amides is 1. The van der Waals surface area contributed by atoms with E-state index in [2.05, 4.69) is 40.2 Å². The van der Waals surface area contributed by atoms with E-state index in [1.807, 2.05) is 24.3 Å². The summed E-state index contributed by atoms with van der Waals surface area (Å²) in [6, 6.07) is 13.9. The fourth-order valence-corrected chi connectivity index (χ4v) is 5.41. The van der Waals surface area contributed by atoms with Crippen molar-refractivity contribution >= 4 is 56.0 Å². The minimum Gasteiger partial charge on any atom is -0.354 e. The van der Waals surface area contributed by atoms with Crippen molar-refractivity contribution in [2.75, 3.05) is 49.9 Å². The molecule has 5 nitrogen and oxygen atoms in total. The van der Waals surface area contributed by atoms with E-state index < -0.39 is 0 Å². The molecule has 0 spiro atoms. The Morgan fingerprint density at radius 3 is 2.67 bits per heavy atom. The predicted octanol–water partition coefficient (Wildman–Crippen LogP) is 4.29. The first-order valence-electron chi connectivity index (χ1n) is 10.1. The lowest BCUT2D eigenvalue weighted by molar-refractivity contribution is -0.118. The lowest BCUT2D eigenvalue weighted by Gasteiger charge is -2.34. The van der Waals surface area contributed by atoms with Crippen molar-refractivity contribution in [2.24, 2.45) is 0 Å². The number of piperazine rings is 1. The van der Waals surface area contributed by atoms with Gasteiger partial charge in [-0.05, 0) is 42.8 Å². The molecule has 4 rings (SSSR count). The molecule has 30 heavy (non-hydrogen) atoms. The van der Waals surface area contributed by atoms with Crippen LogP contribution in [0, 0.1) is 6.92 Å². The van der Waals surface area contributed by atoms with Gasteiger partial charge in [0.2, 0.25) is 5.91 Å². The van der Waals surface area contributed by atoms with Crippen molar-refractivity contribution in [3.63, 3.8) is 0 Å². The first-order valence-corrected chi connectivity index (χ1v) is 12.2. The Kier molecular flexibility index (Phi) is 7.15. The van der Waals surface area contributed by atoms with Gasteiger partial charge in [-0.2, -0.15) is 0 Å². The van der Waals surface area contributed by atoms with Crippen LogP contribution in [0.4, 0.5) is 5.13 Å². The fourth-order valence-electron chi connectivity index (χ4n) is 3.46. The van der Waals surface area contributed by atoms with Crippen LogP contribution >= 0.6 is 34.7 Å². The number of carbonyl (C=O) groups is 1. The highest BCUT2D eigenvalue weighted by atomic mass is 35.5. The second-order valence-corrected chi connectivity index (χ2v) is 9.83. The van der Waals surface area contributed by atoms with E-state index in [0.29, 0.717) is 17.3 Å². The summed E-state index contributed by atoms with van der Waals surface area (Å²) in [6.07, 6.45) is 0. The first-order chi connectivity index (χ1) is 14.6. The van der Waals surface area contributed by atoms with Crippen LogP contribution in [0.2, 0.25) is 5.02 Å². The van der Waals surface area contributed by atoms with E-state index in [9.17, 15) is 4.79 Å². The number of aromatic nitrogens is 1. The second-order valence-electron chi connectivity index (χ2n) is 7.34. The lowest BCUT2D eigenvalue weighted by atomic mass is 10.2. The Balaban J connectivity index is 1.17. The summed E-state index contributed by atoms with van der Waals surface area (Å²) in [5, 5.41) is 4.85. The molecule has 1 fully saturated rings. The Bertz CT molecular complexity index is 1000. The molecular formula is C22H25ClN4OS2. The number of thioether (sulfide) groups is 1. The molecule has 2 aromatic carbocycles. The molecule has 1 aromatic heterocycles. The molecule has 158 valence electrons. The van der Waals surface area contributed by atoms with Crippen molar-refractivity contribution in [2.45, 2.75) is 11.8 Å². The van der Waals surface area contributed by atoms with Crippen LogP contribution in [-0.4, -0.2) is 60.8 Å². The third-order valence-corrected chi connectivity index (χ3v) is 7.53. The molecule has 0 aliphatic carbocycles. The van der Waals surface area contributed by atoms with Gasteiger partial charge in [0.25, 0.3) is 0 Å². The molecule has 0 atom stereocenters. The first kappa shape index (κ1) is 21.4. The number of nitrogens with zero attached hydrogens (tertiary/aromatic N) is 3. The number of fused-ring (bicyclic) bond motifs is 1. The molecule has 1 saturated heterocycles. The highest BCUT2D eigenvalue weighted by Crippen LogP contribution is 2.31. The topological polar surface area (TPSA) is 48.5 Å². The number of carbonyl (C=O) groups excluding carboxylic acids is 1. The molecule has 1 N–H and O–H groups in total. The Hall–Kier alpha value is -1.80. The number of para-hydroxylation sites is 1. The molecule has 1 aliphatic rings. The Labute approximate surface area is 190 Å². The van der Waals surface area contributed by atoms with E-state index in [0.717, 1.165) is 48.3 Å². The summed E-state index contributed by atoms with van der Waals surface area (Å²) in [6.45, 7) is 7.60. The van der Waals surface area contributed by atoms with Gasteiger partial charge in [-0.3, -0.25) is 9.69 Å². The van der Waals surface area contributed by atoms with Gasteiger partial charge in [0.15, 0.2) is 5.13 Å². The van der Waals surface area contributed by atoms with Crippen molar-refractivity contribution in [3.05, 3.63) is 53.1 Å². The fraction of sp³-hybridized carbons (Fsp3) is 0.364. The number of nitrogens with one attached hydrogen (secondary N) is 1. The summed E-state index contributed by atoms with van der Waals surface area (Å²) < 4.78 is 1.26. The maximum Gasteiger partial charge on any atom is 0.230 e. The van der Waals surface area contributed by atoms with E-state index >= 15 is 0 Å². The molecular weight excluding hydrogens is 436 g/mol. The zero-order valence-electron chi connectivity index (χ0n) is 16.9. The number of halogens is 1. The zero-order valence-corrected chi connectivity index (χ0v) is 19.3. The van der Waals surface area contributed by atoms with Crippen molar-refractivity contribution in [1.82, 2.24) is 15.2 Å². The van der Waals surface area contributed by atoms with E-state index in [1.54, 1.807) is 11.3 Å². The molecule has 8 heteroatoms. The maximum atomic E-state index is 12.1. The average molecular weight is 461 g/mol. The zero-order chi connectivity index (χ0) is 20.9. The number of rotatable bonds is 7. The van der Waals surface area contributed by atoms with Crippen molar-refractivity contribution < 1.29 is 4.79 Å². The third kappa shape index (κ3) is 5.46. The smallest absolute Gasteiger partial charge is 0.230 e. The van der Waals surface area contributed by atoms with Crippen molar-refractivity contribution in [1.29, 1.82) is 0 Å². The molecule has 1 aliphatic heterocycles. The molecule has 2 heterocycles. The molecule has 1 amide bonds. The molecule has 0 bridgehead atoms. The van der Waals surface area contributed by atoms with Crippen molar-refractivity contribution in [3.8, 4) is 0 Å². The standard InChI is InChI=1S/C22H25ClN4OS2/c1-16-3-2-4-19-21(16)25-22(30-19)27-13-11-26(12-14-27)10-9-24-20(28)15-29-18-7-5-17(23)6-8-18/h2-8H,9-15H2,1H3,(H,24,28). The molecule has 0 saturated carbocycles. The van der Waals surface area contributed by atoms with Crippen LogP contribution in [-0.2, 0) is 4.79 Å². The highest BCUT2D eigenvalue weighted by molar-refractivity contribution is 8.00. The molecule has 3 aromatic rings. The van der Waals surface area contributed by atoms with Gasteiger partial charge in [0.1, 0.15) is 0 Å². The lowest BCUT2D eigenvalue weighted by Crippen LogP contribution is -2.48. The summed E-state index contributed by atoms with van der Waals surface area (Å²) in [5.41, 5.74) is 2.36. The van der Waals surface area contributed by atoms with Gasteiger partial charge in [-0.15, -0.1) is 11.8 Å². The van der Waals surface area contributed by atoms with E-state index in [1.165, 1.54) is 22.0 Å². The quantitative estimate of drug-likeness (QED) is 0.533.